The lowest BCUT2D eigenvalue weighted by Crippen LogP contribution is -2.60. The first kappa shape index (κ1) is 49.7. The number of imidazole rings is 2. The third-order valence-electron chi connectivity index (χ3n) is 13.3. The van der Waals surface area contributed by atoms with Crippen LogP contribution in [0.4, 0.5) is 42.3 Å². The Kier molecular flexibility index (Phi) is 14.5. The zero-order chi connectivity index (χ0) is 50.9. The molecule has 3 aliphatic rings. The maximum atomic E-state index is 13.4. The van der Waals surface area contributed by atoms with Gasteiger partial charge in [0.05, 0.1) is 48.1 Å². The van der Waals surface area contributed by atoms with Crippen molar-refractivity contribution < 1.29 is 28.2 Å². The Hall–Kier alpha value is -6.85. The topological polar surface area (TPSA) is 169 Å². The second kappa shape index (κ2) is 21.3. The Morgan fingerprint density at radius 2 is 1.23 bits per heavy atom. The summed E-state index contributed by atoms with van der Waals surface area (Å²) in [5.41, 5.74) is 6.57. The van der Waals surface area contributed by atoms with Crippen molar-refractivity contribution in [3.05, 3.63) is 107 Å². The van der Waals surface area contributed by atoms with Crippen LogP contribution in [0, 0.1) is 11.6 Å². The van der Waals surface area contributed by atoms with Gasteiger partial charge in [0.2, 0.25) is 11.8 Å². The molecule has 8 aromatic rings. The number of carbonyl (C=O) groups excluding carboxylic acids is 2. The molecule has 0 aliphatic carbocycles. The predicted octanol–water partition coefficient (Wildman–Crippen LogP) is 6.94. The van der Waals surface area contributed by atoms with Crippen molar-refractivity contribution >= 4 is 90.9 Å². The lowest BCUT2D eigenvalue weighted by atomic mass is 10.1. The number of fused-ring (bicyclic) bond motifs is 3. The minimum atomic E-state index is -0.353. The number of anilines is 6. The molecule has 3 saturated heterocycles. The molecule has 2 amide bonds. The van der Waals surface area contributed by atoms with Gasteiger partial charge in [-0.25, -0.2) is 28.7 Å². The van der Waals surface area contributed by atoms with E-state index in [1.807, 2.05) is 79.8 Å². The molecule has 2 aromatic carbocycles. The lowest BCUT2D eigenvalue weighted by Gasteiger charge is -2.43. The summed E-state index contributed by atoms with van der Waals surface area (Å²) in [4.78, 5) is 55.3. The summed E-state index contributed by atoms with van der Waals surface area (Å²) in [6.45, 7) is 8.23. The molecule has 0 saturated carbocycles. The molecule has 11 rings (SSSR count). The molecule has 23 heteroatoms. The van der Waals surface area contributed by atoms with Gasteiger partial charge in [-0.15, -0.1) is 44.5 Å². The number of nitrogens with zero attached hydrogens (tertiary/aromatic N) is 14. The smallest absolute Gasteiger partial charge is 0.249 e. The van der Waals surface area contributed by atoms with Gasteiger partial charge in [-0.05, 0) is 85.6 Å². The third kappa shape index (κ3) is 10.0. The quantitative estimate of drug-likeness (QED) is 0.125. The number of aliphatic hydroxyl groups is 1. The molecular formula is C50H53ClF2N14O4S2. The summed E-state index contributed by atoms with van der Waals surface area (Å²) in [7, 11) is 3.90. The molecule has 2 atom stereocenters. The van der Waals surface area contributed by atoms with Gasteiger partial charge < -0.3 is 39.2 Å². The SMILES string of the molecule is CCc1nc2ccc(N3CCN(C(=O)CCl)[C@H](CO)C3)nn2c1N(C)c1nc(-c2ccc(F)cc2)cs1.CCc1nc2ccc(N3CCN4C(=O)COC[C@@H]4C3)nn2c1N(C)c1nc(-c2ccc(F)cc2)cs1. The van der Waals surface area contributed by atoms with E-state index < -0.39 is 0 Å². The number of aliphatic hydroxyl groups excluding tert-OH is 1. The van der Waals surface area contributed by atoms with E-state index in [1.54, 1.807) is 29.2 Å². The summed E-state index contributed by atoms with van der Waals surface area (Å²) in [6.07, 6.45) is 1.45. The number of carbonyl (C=O) groups is 2. The third-order valence-corrected chi connectivity index (χ3v) is 15.3. The molecule has 9 heterocycles. The molecule has 0 bridgehead atoms. The van der Waals surface area contributed by atoms with Gasteiger partial charge >= 0.3 is 0 Å². The zero-order valence-electron chi connectivity index (χ0n) is 40.6. The van der Waals surface area contributed by atoms with Gasteiger partial charge in [-0.2, -0.15) is 9.03 Å². The summed E-state index contributed by atoms with van der Waals surface area (Å²) in [5.74, 6) is 2.46. The number of hydrogen-bond acceptors (Lipinski definition) is 16. The highest BCUT2D eigenvalue weighted by molar-refractivity contribution is 7.14. The Bertz CT molecular complexity index is 3260. The first-order valence-electron chi connectivity index (χ1n) is 24.0. The fraction of sp³-hybridized carbons (Fsp3) is 0.360. The Labute approximate surface area is 432 Å². The van der Waals surface area contributed by atoms with E-state index in [0.717, 1.165) is 86.0 Å². The van der Waals surface area contributed by atoms with E-state index in [1.165, 1.54) is 46.9 Å². The second-order valence-electron chi connectivity index (χ2n) is 17.8. The van der Waals surface area contributed by atoms with E-state index in [0.29, 0.717) is 51.4 Å². The number of piperazine rings is 2. The van der Waals surface area contributed by atoms with Crippen LogP contribution in [0.15, 0.2) is 83.6 Å². The summed E-state index contributed by atoms with van der Waals surface area (Å²) < 4.78 is 35.9. The van der Waals surface area contributed by atoms with Gasteiger partial charge in [-0.1, -0.05) is 13.8 Å². The minimum absolute atomic E-state index is 0.0360. The van der Waals surface area contributed by atoms with Crippen LogP contribution in [0.5, 0.6) is 0 Å². The first-order chi connectivity index (χ1) is 35.4. The number of alkyl halides is 1. The number of hydrogen-bond donors (Lipinski definition) is 1. The number of ether oxygens (including phenoxy) is 1. The van der Waals surface area contributed by atoms with Crippen molar-refractivity contribution in [2.45, 2.75) is 38.8 Å². The van der Waals surface area contributed by atoms with Crippen molar-refractivity contribution in [2.75, 3.05) is 98.7 Å². The molecule has 0 spiro atoms. The van der Waals surface area contributed by atoms with Gasteiger partial charge in [-0.3, -0.25) is 9.59 Å². The standard InChI is InChI=1S/C25H27ClFN7O2S.C25H26FN7O2S/c1-3-19-24(31(2)25-29-20(15-37-25)16-4-6-17(27)7-5-16)34-21(28-19)8-9-22(30-34)32-10-11-33(23(36)12-26)18(13-32)14-35;1-3-19-24(30(2)25-28-20(15-36-25)16-4-6-17(26)7-5-16)33-21(27-19)8-9-22(29-33)31-10-11-32-18(12-31)13-35-14-23(32)34/h4-9,15,18,35H,3,10-14H2,1-2H3;4-9,15,18H,3,10-14H2,1-2H3/t2*18-/m00/s1. The lowest BCUT2D eigenvalue weighted by molar-refractivity contribution is -0.148. The summed E-state index contributed by atoms with van der Waals surface area (Å²) in [5, 5.41) is 25.2. The first-order valence-corrected chi connectivity index (χ1v) is 26.3. The van der Waals surface area contributed by atoms with Crippen molar-refractivity contribution in [2.24, 2.45) is 0 Å². The number of aryl methyl sites for hydroxylation is 2. The Balaban J connectivity index is 0.000000168. The molecule has 1 N–H and O–H groups in total. The molecule has 0 unspecified atom stereocenters. The molecule has 73 heavy (non-hydrogen) atoms. The number of aromatic nitrogens is 8. The molecule has 380 valence electrons. The number of rotatable bonds is 12. The number of halogens is 3. The Morgan fingerprint density at radius 3 is 1.73 bits per heavy atom. The molecule has 3 fully saturated rings. The second-order valence-corrected chi connectivity index (χ2v) is 19.7. The van der Waals surface area contributed by atoms with Crippen LogP contribution in [0.3, 0.4) is 0 Å². The van der Waals surface area contributed by atoms with E-state index in [9.17, 15) is 23.5 Å². The highest BCUT2D eigenvalue weighted by atomic mass is 35.5. The number of morpholine rings is 1. The van der Waals surface area contributed by atoms with Crippen LogP contribution in [-0.2, 0) is 27.2 Å². The van der Waals surface area contributed by atoms with Crippen molar-refractivity contribution in [1.82, 2.24) is 49.0 Å². The fourth-order valence-corrected chi connectivity index (χ4v) is 11.2. The molecule has 6 aromatic heterocycles. The fourth-order valence-electron chi connectivity index (χ4n) is 9.45. The average Bonchev–Trinajstić information content (AvgIpc) is 4.26. The molecular weight excluding hydrogens is 998 g/mol. The highest BCUT2D eigenvalue weighted by Gasteiger charge is 2.35. The summed E-state index contributed by atoms with van der Waals surface area (Å²) >= 11 is 8.76. The minimum Gasteiger partial charge on any atom is -0.394 e. The van der Waals surface area contributed by atoms with E-state index in [-0.39, 0.29) is 54.6 Å². The van der Waals surface area contributed by atoms with E-state index in [4.69, 9.17) is 46.5 Å². The normalized spacial score (nSPS) is 17.0. The molecule has 18 nitrogen and oxygen atoms in total. The van der Waals surface area contributed by atoms with Gasteiger partial charge in [0, 0.05) is 75.3 Å². The van der Waals surface area contributed by atoms with E-state index >= 15 is 0 Å². The van der Waals surface area contributed by atoms with Crippen molar-refractivity contribution in [3.63, 3.8) is 0 Å². The Morgan fingerprint density at radius 1 is 0.726 bits per heavy atom. The van der Waals surface area contributed by atoms with Gasteiger partial charge in [0.25, 0.3) is 0 Å². The highest BCUT2D eigenvalue weighted by Crippen LogP contribution is 2.36. The van der Waals surface area contributed by atoms with Crippen molar-refractivity contribution in [3.8, 4) is 22.5 Å². The zero-order valence-corrected chi connectivity index (χ0v) is 43.0. The number of benzene rings is 2. The van der Waals surface area contributed by atoms with Crippen LogP contribution in [0.25, 0.3) is 33.8 Å². The number of thiazole rings is 2. The van der Waals surface area contributed by atoms with E-state index in [2.05, 4.69) is 16.7 Å². The van der Waals surface area contributed by atoms with Crippen molar-refractivity contribution in [1.29, 1.82) is 0 Å². The van der Waals surface area contributed by atoms with Crippen LogP contribution < -0.4 is 19.6 Å². The van der Waals surface area contributed by atoms with Crippen LogP contribution in [0.2, 0.25) is 0 Å². The monoisotopic (exact) mass is 1050 g/mol. The maximum absolute atomic E-state index is 13.4. The van der Waals surface area contributed by atoms with Crippen LogP contribution >= 0.6 is 34.3 Å². The predicted molar refractivity (Wildman–Crippen MR) is 280 cm³/mol. The van der Waals surface area contributed by atoms with Crippen LogP contribution in [-0.4, -0.2) is 157 Å². The maximum Gasteiger partial charge on any atom is 0.249 e. The molecule has 3 aliphatic heterocycles. The largest absolute Gasteiger partial charge is 0.394 e. The average molecular weight is 1050 g/mol. The van der Waals surface area contributed by atoms with Gasteiger partial charge in [0.15, 0.2) is 33.2 Å². The summed E-state index contributed by atoms with van der Waals surface area (Å²) in [6, 6.07) is 20.1. The van der Waals surface area contributed by atoms with Gasteiger partial charge in [0.1, 0.15) is 35.8 Å². The van der Waals surface area contributed by atoms with Crippen LogP contribution in [0.1, 0.15) is 25.2 Å². The molecule has 0 radical (unpaired) electrons. The number of amides is 2.